The van der Waals surface area contributed by atoms with E-state index in [9.17, 15) is 4.79 Å². The number of hydrogen-bond donors (Lipinski definition) is 1. The summed E-state index contributed by atoms with van der Waals surface area (Å²) in [5.74, 6) is 0.646. The molecule has 0 fully saturated rings. The van der Waals surface area contributed by atoms with Gasteiger partial charge in [-0.2, -0.15) is 0 Å². The Morgan fingerprint density at radius 1 is 1.10 bits per heavy atom. The molecular formula is C15H13Br2NO2. The highest BCUT2D eigenvalue weighted by Gasteiger charge is 2.12. The molecule has 2 N–H and O–H groups in total. The van der Waals surface area contributed by atoms with Crippen molar-refractivity contribution in [1.29, 1.82) is 0 Å². The standard InChI is InChI=1S/C15H13Br2NO2/c1-2-20-14-6-4-9(7-12(14)17)15(19)10-3-5-11(16)13(18)8-10/h3-8H,2,18H2,1H3. The topological polar surface area (TPSA) is 52.3 Å². The van der Waals surface area contributed by atoms with Crippen molar-refractivity contribution in [2.45, 2.75) is 6.92 Å². The Labute approximate surface area is 134 Å². The van der Waals surface area contributed by atoms with Crippen LogP contribution in [0.1, 0.15) is 22.8 Å². The molecule has 0 amide bonds. The molecular weight excluding hydrogens is 386 g/mol. The van der Waals surface area contributed by atoms with Crippen molar-refractivity contribution >= 4 is 43.3 Å². The molecule has 0 spiro atoms. The predicted octanol–water partition coefficient (Wildman–Crippen LogP) is 4.42. The Hall–Kier alpha value is -1.33. The number of rotatable bonds is 4. The molecule has 0 aliphatic rings. The summed E-state index contributed by atoms with van der Waals surface area (Å²) in [6.07, 6.45) is 0. The van der Waals surface area contributed by atoms with Crippen molar-refractivity contribution < 1.29 is 9.53 Å². The van der Waals surface area contributed by atoms with Crippen LogP contribution in [0.15, 0.2) is 45.3 Å². The lowest BCUT2D eigenvalue weighted by atomic mass is 10.0. The van der Waals surface area contributed by atoms with Crippen LogP contribution in [0.3, 0.4) is 0 Å². The van der Waals surface area contributed by atoms with Gasteiger partial charge in [0.1, 0.15) is 5.75 Å². The lowest BCUT2D eigenvalue weighted by molar-refractivity contribution is 0.103. The molecule has 104 valence electrons. The summed E-state index contributed by atoms with van der Waals surface area (Å²) < 4.78 is 6.97. The number of nitrogens with two attached hydrogens (primary N) is 1. The van der Waals surface area contributed by atoms with E-state index < -0.39 is 0 Å². The van der Waals surface area contributed by atoms with Gasteiger partial charge in [0, 0.05) is 21.3 Å². The lowest BCUT2D eigenvalue weighted by Gasteiger charge is -2.08. The minimum absolute atomic E-state index is 0.0760. The quantitative estimate of drug-likeness (QED) is 0.612. The second-order valence-electron chi connectivity index (χ2n) is 4.14. The maximum absolute atomic E-state index is 12.4. The van der Waals surface area contributed by atoms with Crippen molar-refractivity contribution in [2.24, 2.45) is 0 Å². The number of benzene rings is 2. The highest BCUT2D eigenvalue weighted by molar-refractivity contribution is 9.11. The van der Waals surface area contributed by atoms with Crippen molar-refractivity contribution in [3.8, 4) is 5.75 Å². The van der Waals surface area contributed by atoms with Crippen molar-refractivity contribution in [2.75, 3.05) is 12.3 Å². The van der Waals surface area contributed by atoms with E-state index in [4.69, 9.17) is 10.5 Å². The predicted molar refractivity (Wildman–Crippen MR) is 87.3 cm³/mol. The van der Waals surface area contributed by atoms with Crippen LogP contribution in [-0.2, 0) is 0 Å². The maximum Gasteiger partial charge on any atom is 0.193 e. The third kappa shape index (κ3) is 3.22. The van der Waals surface area contributed by atoms with Gasteiger partial charge in [0.2, 0.25) is 0 Å². The molecule has 5 heteroatoms. The van der Waals surface area contributed by atoms with Gasteiger partial charge in [-0.05, 0) is 75.2 Å². The number of halogens is 2. The van der Waals surface area contributed by atoms with Gasteiger partial charge < -0.3 is 10.5 Å². The van der Waals surface area contributed by atoms with Crippen LogP contribution in [0.4, 0.5) is 5.69 Å². The van der Waals surface area contributed by atoms with Gasteiger partial charge in [-0.1, -0.05) is 0 Å². The fourth-order valence-electron chi connectivity index (χ4n) is 1.77. The first-order chi connectivity index (χ1) is 9.52. The van der Waals surface area contributed by atoms with E-state index in [1.807, 2.05) is 6.92 Å². The zero-order valence-electron chi connectivity index (χ0n) is 10.8. The molecule has 0 heterocycles. The number of ketones is 1. The van der Waals surface area contributed by atoms with E-state index >= 15 is 0 Å². The average Bonchev–Trinajstić information content (AvgIpc) is 2.43. The van der Waals surface area contributed by atoms with E-state index in [2.05, 4.69) is 31.9 Å². The second-order valence-corrected chi connectivity index (χ2v) is 5.85. The van der Waals surface area contributed by atoms with E-state index in [0.29, 0.717) is 23.4 Å². The van der Waals surface area contributed by atoms with Gasteiger partial charge in [-0.3, -0.25) is 4.79 Å². The fourth-order valence-corrected chi connectivity index (χ4v) is 2.51. The van der Waals surface area contributed by atoms with Gasteiger partial charge in [0.25, 0.3) is 0 Å². The Morgan fingerprint density at radius 3 is 2.35 bits per heavy atom. The average molecular weight is 399 g/mol. The molecule has 0 aromatic heterocycles. The minimum Gasteiger partial charge on any atom is -0.493 e. The molecule has 0 saturated heterocycles. The summed E-state index contributed by atoms with van der Waals surface area (Å²) in [5.41, 5.74) is 7.49. The number of hydrogen-bond acceptors (Lipinski definition) is 3. The van der Waals surface area contributed by atoms with Crippen LogP contribution in [0.2, 0.25) is 0 Å². The van der Waals surface area contributed by atoms with Crippen LogP contribution in [0, 0.1) is 0 Å². The first-order valence-electron chi connectivity index (χ1n) is 6.05. The summed E-state index contributed by atoms with van der Waals surface area (Å²) in [6, 6.07) is 10.5. The first-order valence-corrected chi connectivity index (χ1v) is 7.63. The number of carbonyl (C=O) groups is 1. The number of ether oxygens (including phenoxy) is 1. The molecule has 20 heavy (non-hydrogen) atoms. The van der Waals surface area contributed by atoms with Crippen molar-refractivity contribution in [1.82, 2.24) is 0 Å². The van der Waals surface area contributed by atoms with Crippen LogP contribution in [0.5, 0.6) is 5.75 Å². The SMILES string of the molecule is CCOc1ccc(C(=O)c2ccc(Br)c(N)c2)cc1Br. The molecule has 2 rings (SSSR count). The largest absolute Gasteiger partial charge is 0.493 e. The smallest absolute Gasteiger partial charge is 0.193 e. The molecule has 2 aromatic carbocycles. The normalized spacial score (nSPS) is 10.3. The molecule has 0 bridgehead atoms. The number of carbonyl (C=O) groups excluding carboxylic acids is 1. The molecule has 0 radical (unpaired) electrons. The third-order valence-corrected chi connectivity index (χ3v) is 4.09. The van der Waals surface area contributed by atoms with E-state index in [0.717, 1.165) is 14.7 Å². The summed E-state index contributed by atoms with van der Waals surface area (Å²) in [4.78, 5) is 12.4. The van der Waals surface area contributed by atoms with Gasteiger partial charge in [0.15, 0.2) is 5.78 Å². The van der Waals surface area contributed by atoms with Gasteiger partial charge in [-0.25, -0.2) is 0 Å². The molecule has 0 atom stereocenters. The third-order valence-electron chi connectivity index (χ3n) is 2.75. The summed E-state index contributed by atoms with van der Waals surface area (Å²) >= 11 is 6.72. The second kappa shape index (κ2) is 6.41. The number of anilines is 1. The van der Waals surface area contributed by atoms with Gasteiger partial charge in [-0.15, -0.1) is 0 Å². The Kier molecular flexibility index (Phi) is 4.83. The Morgan fingerprint density at radius 2 is 1.75 bits per heavy atom. The van der Waals surface area contributed by atoms with E-state index in [1.165, 1.54) is 0 Å². The summed E-state index contributed by atoms with van der Waals surface area (Å²) in [7, 11) is 0. The first kappa shape index (κ1) is 15.1. The number of nitrogen functional groups attached to an aromatic ring is 1. The van der Waals surface area contributed by atoms with Gasteiger partial charge >= 0.3 is 0 Å². The molecule has 3 nitrogen and oxygen atoms in total. The molecule has 2 aromatic rings. The van der Waals surface area contributed by atoms with E-state index in [1.54, 1.807) is 36.4 Å². The zero-order chi connectivity index (χ0) is 14.7. The monoisotopic (exact) mass is 397 g/mol. The maximum atomic E-state index is 12.4. The Balaban J connectivity index is 2.33. The molecule has 0 aliphatic heterocycles. The highest BCUT2D eigenvalue weighted by Crippen LogP contribution is 2.28. The molecule has 0 unspecified atom stereocenters. The van der Waals surface area contributed by atoms with Crippen molar-refractivity contribution in [3.05, 3.63) is 56.5 Å². The Bertz CT molecular complexity index is 656. The van der Waals surface area contributed by atoms with Crippen LogP contribution in [0.25, 0.3) is 0 Å². The van der Waals surface area contributed by atoms with Crippen molar-refractivity contribution in [3.63, 3.8) is 0 Å². The van der Waals surface area contributed by atoms with E-state index in [-0.39, 0.29) is 5.78 Å². The lowest BCUT2D eigenvalue weighted by Crippen LogP contribution is -2.03. The van der Waals surface area contributed by atoms with Gasteiger partial charge in [0.05, 0.1) is 11.1 Å². The highest BCUT2D eigenvalue weighted by atomic mass is 79.9. The summed E-state index contributed by atoms with van der Waals surface area (Å²) in [6.45, 7) is 2.49. The fraction of sp³-hybridized carbons (Fsp3) is 0.133. The van der Waals surface area contributed by atoms with Crippen LogP contribution >= 0.6 is 31.9 Å². The minimum atomic E-state index is -0.0760. The zero-order valence-corrected chi connectivity index (χ0v) is 14.0. The van der Waals surface area contributed by atoms with Crippen LogP contribution < -0.4 is 10.5 Å². The summed E-state index contributed by atoms with van der Waals surface area (Å²) in [5, 5.41) is 0. The molecule has 0 saturated carbocycles. The van der Waals surface area contributed by atoms with Crippen LogP contribution in [-0.4, -0.2) is 12.4 Å². The molecule has 0 aliphatic carbocycles.